The number of likely N-dealkylation sites (N-methyl/N-ethyl adjacent to an activating group) is 1. The van der Waals surface area contributed by atoms with Gasteiger partial charge in [-0.05, 0) is 26.0 Å². The molecule has 0 radical (unpaired) electrons. The van der Waals surface area contributed by atoms with E-state index in [1.807, 2.05) is 6.92 Å². The van der Waals surface area contributed by atoms with Crippen LogP contribution >= 0.6 is 23.2 Å². The van der Waals surface area contributed by atoms with Gasteiger partial charge in [0, 0.05) is 24.0 Å². The number of nitrogen functional groups attached to an aromatic ring is 1. The van der Waals surface area contributed by atoms with E-state index < -0.39 is 5.91 Å². The third-order valence-corrected chi connectivity index (χ3v) is 5.06. The number of hydrogen-bond donors (Lipinski definition) is 2. The predicted octanol–water partition coefficient (Wildman–Crippen LogP) is 2.27. The van der Waals surface area contributed by atoms with E-state index in [1.165, 1.54) is 9.42 Å². The topological polar surface area (TPSA) is 119 Å². The van der Waals surface area contributed by atoms with Gasteiger partial charge >= 0.3 is 0 Å². The number of carbonyl (C=O) groups excluding carboxylic acids is 2. The average Bonchev–Trinajstić information content (AvgIpc) is 3.02. The molecule has 0 aliphatic carbocycles. The number of aromatic nitrogens is 4. The van der Waals surface area contributed by atoms with Crippen molar-refractivity contribution in [3.8, 4) is 0 Å². The van der Waals surface area contributed by atoms with Crippen molar-refractivity contribution in [2.24, 2.45) is 0 Å². The number of fused-ring (bicyclic) bond motifs is 1. The number of benzene rings is 1. The summed E-state index contributed by atoms with van der Waals surface area (Å²) >= 11 is 12.1. The van der Waals surface area contributed by atoms with Gasteiger partial charge < -0.3 is 16.0 Å². The van der Waals surface area contributed by atoms with Crippen molar-refractivity contribution in [1.29, 1.82) is 0 Å². The van der Waals surface area contributed by atoms with Gasteiger partial charge in [-0.1, -0.05) is 29.3 Å². The quantitative estimate of drug-likeness (QED) is 0.634. The van der Waals surface area contributed by atoms with Gasteiger partial charge in [-0.25, -0.2) is 4.98 Å². The molecule has 0 saturated heterocycles. The van der Waals surface area contributed by atoms with Crippen LogP contribution in [-0.2, 0) is 16.0 Å². The maximum Gasteiger partial charge on any atom is 0.254 e. The van der Waals surface area contributed by atoms with Crippen molar-refractivity contribution in [3.05, 3.63) is 45.2 Å². The fourth-order valence-electron chi connectivity index (χ4n) is 2.87. The average molecular weight is 436 g/mol. The maximum atomic E-state index is 12.7. The van der Waals surface area contributed by atoms with Gasteiger partial charge in [-0.2, -0.15) is 9.50 Å². The zero-order chi connectivity index (χ0) is 21.3. The van der Waals surface area contributed by atoms with E-state index in [0.29, 0.717) is 38.5 Å². The van der Waals surface area contributed by atoms with Crippen LogP contribution in [0.25, 0.3) is 5.78 Å². The Hall–Kier alpha value is -2.91. The fourth-order valence-corrected chi connectivity index (χ4v) is 3.36. The van der Waals surface area contributed by atoms with E-state index >= 15 is 0 Å². The zero-order valence-corrected chi connectivity index (χ0v) is 17.5. The summed E-state index contributed by atoms with van der Waals surface area (Å²) in [5.74, 6) is -0.193. The molecule has 2 heterocycles. The Morgan fingerprint density at radius 1 is 1.21 bits per heavy atom. The Balaban J connectivity index is 1.71. The minimum atomic E-state index is -0.415. The highest BCUT2D eigenvalue weighted by Crippen LogP contribution is 2.29. The number of carbonyl (C=O) groups is 2. The van der Waals surface area contributed by atoms with Gasteiger partial charge in [-0.3, -0.25) is 9.59 Å². The van der Waals surface area contributed by atoms with Crippen LogP contribution in [0.4, 0.5) is 11.6 Å². The van der Waals surface area contributed by atoms with Crippen LogP contribution in [0.2, 0.25) is 10.0 Å². The van der Waals surface area contributed by atoms with Crippen LogP contribution in [0.15, 0.2) is 18.2 Å². The second kappa shape index (κ2) is 8.22. The molecule has 11 heteroatoms. The minimum absolute atomic E-state index is 0.0526. The zero-order valence-electron chi connectivity index (χ0n) is 16.0. The van der Waals surface area contributed by atoms with E-state index in [4.69, 9.17) is 28.9 Å². The molecule has 0 bridgehead atoms. The van der Waals surface area contributed by atoms with Crippen LogP contribution in [0.1, 0.15) is 17.0 Å². The fraction of sp³-hybridized carbons (Fsp3) is 0.278. The van der Waals surface area contributed by atoms with E-state index in [9.17, 15) is 9.59 Å². The summed E-state index contributed by atoms with van der Waals surface area (Å²) in [6.07, 6.45) is 0.0526. The lowest BCUT2D eigenvalue weighted by Crippen LogP contribution is -2.36. The molecule has 3 N–H and O–H groups in total. The highest BCUT2D eigenvalue weighted by molar-refractivity contribution is 6.39. The number of nitrogens with two attached hydrogens (primary N) is 1. The molecule has 0 unspecified atom stereocenters. The number of nitrogens with zero attached hydrogens (tertiary/aromatic N) is 5. The molecule has 2 amide bonds. The largest absolute Gasteiger partial charge is 0.366 e. The Morgan fingerprint density at radius 2 is 1.86 bits per heavy atom. The molecule has 2 aromatic heterocycles. The van der Waals surface area contributed by atoms with Gasteiger partial charge in [0.15, 0.2) is 0 Å². The number of hydrogen-bond acceptors (Lipinski definition) is 6. The first kappa shape index (κ1) is 20.8. The number of para-hydroxylation sites is 1. The van der Waals surface area contributed by atoms with Gasteiger partial charge in [0.25, 0.3) is 5.78 Å². The number of halogens is 2. The van der Waals surface area contributed by atoms with Crippen LogP contribution < -0.4 is 11.1 Å². The van der Waals surface area contributed by atoms with Crippen molar-refractivity contribution in [2.45, 2.75) is 20.3 Å². The van der Waals surface area contributed by atoms with Gasteiger partial charge in [0.2, 0.25) is 17.8 Å². The normalized spacial score (nSPS) is 10.9. The van der Waals surface area contributed by atoms with Crippen LogP contribution in [0, 0.1) is 13.8 Å². The standard InChI is InChI=1S/C18H19Cl2N7O2/c1-9-11(10(2)27-18(22-9)24-17(21)25-27)7-15(29)26(3)8-14(28)23-16-12(19)5-4-6-13(16)20/h4-6H,7-8H2,1-3H3,(H2,21,25)(H,23,28). The van der Waals surface area contributed by atoms with Crippen molar-refractivity contribution >= 4 is 52.4 Å². The number of nitrogens with one attached hydrogen (secondary N) is 1. The molecule has 0 atom stereocenters. The number of amides is 2. The number of aryl methyl sites for hydroxylation is 2. The first-order valence-corrected chi connectivity index (χ1v) is 9.39. The predicted molar refractivity (Wildman–Crippen MR) is 111 cm³/mol. The van der Waals surface area contributed by atoms with E-state index in [-0.39, 0.29) is 24.8 Å². The van der Waals surface area contributed by atoms with Gasteiger partial charge in [0.05, 0.1) is 28.7 Å². The Kier molecular flexibility index (Phi) is 5.90. The molecule has 152 valence electrons. The molecule has 0 saturated carbocycles. The molecular weight excluding hydrogens is 417 g/mol. The molecule has 3 aromatic rings. The lowest BCUT2D eigenvalue weighted by molar-refractivity contribution is -0.132. The van der Waals surface area contributed by atoms with Crippen molar-refractivity contribution in [3.63, 3.8) is 0 Å². The Labute approximate surface area is 176 Å². The van der Waals surface area contributed by atoms with Crippen molar-refractivity contribution < 1.29 is 9.59 Å². The molecule has 1 aromatic carbocycles. The first-order valence-electron chi connectivity index (χ1n) is 8.63. The highest BCUT2D eigenvalue weighted by Gasteiger charge is 2.20. The third kappa shape index (κ3) is 4.41. The summed E-state index contributed by atoms with van der Waals surface area (Å²) in [7, 11) is 1.54. The monoisotopic (exact) mass is 435 g/mol. The molecule has 0 aliphatic heterocycles. The molecule has 3 rings (SSSR count). The van der Waals surface area contributed by atoms with Crippen LogP contribution in [0.3, 0.4) is 0 Å². The first-order chi connectivity index (χ1) is 13.7. The maximum absolute atomic E-state index is 12.7. The van der Waals surface area contributed by atoms with Crippen molar-refractivity contribution in [2.75, 3.05) is 24.6 Å². The molecule has 0 fully saturated rings. The van der Waals surface area contributed by atoms with Crippen molar-refractivity contribution in [1.82, 2.24) is 24.5 Å². The molecular formula is C18H19Cl2N7O2. The third-order valence-electron chi connectivity index (χ3n) is 4.43. The summed E-state index contributed by atoms with van der Waals surface area (Å²) < 4.78 is 1.50. The Bertz CT molecular complexity index is 1090. The van der Waals surface area contributed by atoms with Gasteiger partial charge in [0.1, 0.15) is 0 Å². The number of rotatable bonds is 5. The Morgan fingerprint density at radius 3 is 2.52 bits per heavy atom. The second-order valence-electron chi connectivity index (χ2n) is 6.51. The summed E-state index contributed by atoms with van der Waals surface area (Å²) in [4.78, 5) is 34.7. The molecule has 0 spiro atoms. The van der Waals surface area contributed by atoms with Crippen LogP contribution in [-0.4, -0.2) is 49.9 Å². The minimum Gasteiger partial charge on any atom is -0.366 e. The van der Waals surface area contributed by atoms with Crippen LogP contribution in [0.5, 0.6) is 0 Å². The molecule has 29 heavy (non-hydrogen) atoms. The highest BCUT2D eigenvalue weighted by atomic mass is 35.5. The lowest BCUT2D eigenvalue weighted by Gasteiger charge is -2.19. The van der Waals surface area contributed by atoms with E-state index in [1.54, 1.807) is 32.2 Å². The SMILES string of the molecule is Cc1nc2nc(N)nn2c(C)c1CC(=O)N(C)CC(=O)Nc1c(Cl)cccc1Cl. The van der Waals surface area contributed by atoms with Gasteiger partial charge in [-0.15, -0.1) is 5.10 Å². The smallest absolute Gasteiger partial charge is 0.254 e. The molecule has 9 nitrogen and oxygen atoms in total. The van der Waals surface area contributed by atoms with E-state index in [0.717, 1.165) is 0 Å². The second-order valence-corrected chi connectivity index (χ2v) is 7.33. The summed E-state index contributed by atoms with van der Waals surface area (Å²) in [5.41, 5.74) is 8.00. The summed E-state index contributed by atoms with van der Waals surface area (Å²) in [6, 6.07) is 4.90. The summed E-state index contributed by atoms with van der Waals surface area (Å²) in [6.45, 7) is 3.43. The van der Waals surface area contributed by atoms with E-state index in [2.05, 4.69) is 20.4 Å². The summed E-state index contributed by atoms with van der Waals surface area (Å²) in [5, 5.41) is 7.35. The molecule has 0 aliphatic rings. The lowest BCUT2D eigenvalue weighted by atomic mass is 10.1. The number of anilines is 2.